The van der Waals surface area contributed by atoms with Gasteiger partial charge in [-0.15, -0.1) is 0 Å². The minimum absolute atomic E-state index is 0.509. The maximum atomic E-state index is 4.86. The molecule has 0 amide bonds. The summed E-state index contributed by atoms with van der Waals surface area (Å²) in [5.74, 6) is 1.56. The molecule has 0 N–H and O–H groups in total. The average molecular weight is 325 g/mol. The predicted octanol–water partition coefficient (Wildman–Crippen LogP) is 3.06. The molecule has 2 aliphatic heterocycles. The molecule has 128 valence electrons. The molecule has 1 saturated carbocycles. The molecule has 2 aromatic rings. The van der Waals surface area contributed by atoms with Gasteiger partial charge in [0.25, 0.3) is 0 Å². The van der Waals surface area contributed by atoms with Crippen molar-refractivity contribution in [1.29, 1.82) is 0 Å². The van der Waals surface area contributed by atoms with Crippen LogP contribution in [0.2, 0.25) is 0 Å². The van der Waals surface area contributed by atoms with Gasteiger partial charge in [0.05, 0.1) is 11.9 Å². The SMILES string of the molecule is c1cc2nc([C@H]3CCCN(C4CCC4)C3)nn2cc1N1CCCC1. The van der Waals surface area contributed by atoms with Crippen LogP contribution in [0.4, 0.5) is 5.69 Å². The Bertz CT molecular complexity index is 714. The average Bonchev–Trinajstić information content (AvgIpc) is 3.22. The molecule has 2 saturated heterocycles. The van der Waals surface area contributed by atoms with E-state index < -0.39 is 0 Å². The molecular weight excluding hydrogens is 298 g/mol. The Kier molecular flexibility index (Phi) is 3.69. The monoisotopic (exact) mass is 325 g/mol. The van der Waals surface area contributed by atoms with Crippen LogP contribution >= 0.6 is 0 Å². The Morgan fingerprint density at radius 2 is 1.79 bits per heavy atom. The van der Waals surface area contributed by atoms with Gasteiger partial charge in [-0.25, -0.2) is 9.50 Å². The van der Waals surface area contributed by atoms with E-state index in [1.54, 1.807) is 0 Å². The quantitative estimate of drug-likeness (QED) is 0.869. The van der Waals surface area contributed by atoms with Crippen LogP contribution in [0.15, 0.2) is 18.3 Å². The summed E-state index contributed by atoms with van der Waals surface area (Å²) in [5, 5.41) is 4.86. The Balaban J connectivity index is 1.38. The fourth-order valence-corrected chi connectivity index (χ4v) is 4.53. The standard InChI is InChI=1S/C19H27N5/c1-2-11-22(10-1)17-8-9-18-20-19(21-24(18)14-17)15-5-4-12-23(13-15)16-6-3-7-16/h8-9,14-16H,1-7,10-13H2/t15-/m0/s1. The van der Waals surface area contributed by atoms with Crippen LogP contribution in [0.1, 0.15) is 56.7 Å². The summed E-state index contributed by atoms with van der Waals surface area (Å²) in [4.78, 5) is 10.00. The van der Waals surface area contributed by atoms with Gasteiger partial charge in [-0.2, -0.15) is 5.10 Å². The molecule has 3 aliphatic rings. The lowest BCUT2D eigenvalue weighted by molar-refractivity contribution is 0.0929. The largest absolute Gasteiger partial charge is 0.370 e. The van der Waals surface area contributed by atoms with Crippen LogP contribution in [0.3, 0.4) is 0 Å². The zero-order valence-electron chi connectivity index (χ0n) is 14.4. The van der Waals surface area contributed by atoms with Gasteiger partial charge in [0.2, 0.25) is 0 Å². The second kappa shape index (κ2) is 6.03. The van der Waals surface area contributed by atoms with Gasteiger partial charge in [0.15, 0.2) is 11.5 Å². The van der Waals surface area contributed by atoms with E-state index in [9.17, 15) is 0 Å². The van der Waals surface area contributed by atoms with Crippen LogP contribution in [0.25, 0.3) is 5.65 Å². The van der Waals surface area contributed by atoms with E-state index in [-0.39, 0.29) is 0 Å². The zero-order valence-corrected chi connectivity index (χ0v) is 14.4. The molecule has 0 radical (unpaired) electrons. The zero-order chi connectivity index (χ0) is 15.9. The molecule has 5 heteroatoms. The van der Waals surface area contributed by atoms with Crippen molar-refractivity contribution in [2.24, 2.45) is 0 Å². The van der Waals surface area contributed by atoms with Crippen molar-refractivity contribution in [1.82, 2.24) is 19.5 Å². The number of anilines is 1. The van der Waals surface area contributed by atoms with Crippen molar-refractivity contribution in [2.45, 2.75) is 56.9 Å². The van der Waals surface area contributed by atoms with E-state index in [2.05, 4.69) is 28.1 Å². The first kappa shape index (κ1) is 14.7. The lowest BCUT2D eigenvalue weighted by atomic mass is 9.87. The first-order valence-electron chi connectivity index (χ1n) is 9.72. The summed E-state index contributed by atoms with van der Waals surface area (Å²) < 4.78 is 2.01. The Labute approximate surface area is 143 Å². The van der Waals surface area contributed by atoms with E-state index in [4.69, 9.17) is 10.1 Å². The normalized spacial score (nSPS) is 26.2. The summed E-state index contributed by atoms with van der Waals surface area (Å²) >= 11 is 0. The number of likely N-dealkylation sites (tertiary alicyclic amines) is 1. The van der Waals surface area contributed by atoms with Crippen LogP contribution in [-0.2, 0) is 0 Å². The maximum absolute atomic E-state index is 4.86. The van der Waals surface area contributed by atoms with Gasteiger partial charge in [-0.1, -0.05) is 6.42 Å². The number of rotatable bonds is 3. The third kappa shape index (κ3) is 2.59. The van der Waals surface area contributed by atoms with Crippen molar-refractivity contribution < 1.29 is 0 Å². The molecule has 0 bridgehead atoms. The predicted molar refractivity (Wildman–Crippen MR) is 95.6 cm³/mol. The minimum atomic E-state index is 0.509. The molecule has 0 unspecified atom stereocenters. The van der Waals surface area contributed by atoms with E-state index >= 15 is 0 Å². The van der Waals surface area contributed by atoms with Crippen molar-refractivity contribution in [2.75, 3.05) is 31.1 Å². The van der Waals surface area contributed by atoms with Crippen molar-refractivity contribution in [3.05, 3.63) is 24.2 Å². The highest BCUT2D eigenvalue weighted by Crippen LogP contribution is 2.32. The van der Waals surface area contributed by atoms with Crippen LogP contribution in [-0.4, -0.2) is 51.7 Å². The Hall–Kier alpha value is -1.62. The number of hydrogen-bond acceptors (Lipinski definition) is 4. The molecule has 0 spiro atoms. The van der Waals surface area contributed by atoms with Gasteiger partial charge in [0.1, 0.15) is 0 Å². The molecule has 1 atom stereocenters. The van der Waals surface area contributed by atoms with E-state index in [1.807, 2.05) is 4.52 Å². The fraction of sp³-hybridized carbons (Fsp3) is 0.684. The number of fused-ring (bicyclic) bond motifs is 1. The second-order valence-electron chi connectivity index (χ2n) is 7.77. The van der Waals surface area contributed by atoms with Crippen molar-refractivity contribution in [3.8, 4) is 0 Å². The van der Waals surface area contributed by atoms with E-state index in [0.29, 0.717) is 5.92 Å². The van der Waals surface area contributed by atoms with Crippen molar-refractivity contribution >= 4 is 11.3 Å². The Morgan fingerprint density at radius 3 is 2.58 bits per heavy atom. The van der Waals surface area contributed by atoms with Crippen molar-refractivity contribution in [3.63, 3.8) is 0 Å². The molecule has 4 heterocycles. The lowest BCUT2D eigenvalue weighted by Crippen LogP contribution is -2.45. The van der Waals surface area contributed by atoms with E-state index in [1.165, 1.54) is 70.3 Å². The molecule has 2 aromatic heterocycles. The molecule has 5 nitrogen and oxygen atoms in total. The number of aromatic nitrogens is 3. The van der Waals surface area contributed by atoms with Crippen LogP contribution in [0, 0.1) is 0 Å². The molecule has 3 fully saturated rings. The first-order chi connectivity index (χ1) is 11.9. The highest BCUT2D eigenvalue weighted by molar-refractivity contribution is 5.51. The lowest BCUT2D eigenvalue weighted by Gasteiger charge is -2.41. The highest BCUT2D eigenvalue weighted by Gasteiger charge is 2.31. The summed E-state index contributed by atoms with van der Waals surface area (Å²) in [6, 6.07) is 5.18. The number of piperidine rings is 1. The smallest absolute Gasteiger partial charge is 0.156 e. The maximum Gasteiger partial charge on any atom is 0.156 e. The van der Waals surface area contributed by atoms with Gasteiger partial charge in [-0.05, 0) is 57.2 Å². The van der Waals surface area contributed by atoms with E-state index in [0.717, 1.165) is 24.1 Å². The molecule has 0 aromatic carbocycles. The number of nitrogens with zero attached hydrogens (tertiary/aromatic N) is 5. The number of hydrogen-bond donors (Lipinski definition) is 0. The first-order valence-corrected chi connectivity index (χ1v) is 9.72. The molecule has 5 rings (SSSR count). The Morgan fingerprint density at radius 1 is 0.917 bits per heavy atom. The third-order valence-corrected chi connectivity index (χ3v) is 6.21. The second-order valence-corrected chi connectivity index (χ2v) is 7.77. The summed E-state index contributed by atoms with van der Waals surface area (Å²) in [5.41, 5.74) is 2.28. The molecule has 1 aliphatic carbocycles. The van der Waals surface area contributed by atoms with Gasteiger partial charge < -0.3 is 4.90 Å². The topological polar surface area (TPSA) is 36.7 Å². The van der Waals surface area contributed by atoms with Gasteiger partial charge in [-0.3, -0.25) is 4.90 Å². The summed E-state index contributed by atoms with van der Waals surface area (Å²) in [6.07, 6.45) is 11.5. The third-order valence-electron chi connectivity index (χ3n) is 6.21. The summed E-state index contributed by atoms with van der Waals surface area (Å²) in [7, 11) is 0. The molecule has 24 heavy (non-hydrogen) atoms. The van der Waals surface area contributed by atoms with Crippen LogP contribution in [0.5, 0.6) is 0 Å². The minimum Gasteiger partial charge on any atom is -0.370 e. The molecular formula is C19H27N5. The van der Waals surface area contributed by atoms with Crippen LogP contribution < -0.4 is 4.90 Å². The van der Waals surface area contributed by atoms with Gasteiger partial charge >= 0.3 is 0 Å². The van der Waals surface area contributed by atoms with Gasteiger partial charge in [0, 0.05) is 31.6 Å². The fourth-order valence-electron chi connectivity index (χ4n) is 4.53. The number of pyridine rings is 1. The highest BCUT2D eigenvalue weighted by atomic mass is 15.3. The summed E-state index contributed by atoms with van der Waals surface area (Å²) in [6.45, 7) is 4.77.